The van der Waals surface area contributed by atoms with Crippen LogP contribution in [-0.4, -0.2) is 30.0 Å². The molecular weight excluding hydrogens is 339 g/mol. The van der Waals surface area contributed by atoms with Gasteiger partial charge in [0.25, 0.3) is 5.91 Å². The van der Waals surface area contributed by atoms with Crippen molar-refractivity contribution in [2.45, 2.75) is 12.5 Å². The summed E-state index contributed by atoms with van der Waals surface area (Å²) in [5.74, 6) is -1.02. The van der Waals surface area contributed by atoms with Gasteiger partial charge in [0.05, 0.1) is 12.7 Å². The summed E-state index contributed by atoms with van der Waals surface area (Å²) in [6, 6.07) is 7.35. The van der Waals surface area contributed by atoms with Crippen molar-refractivity contribution in [2.75, 3.05) is 7.11 Å². The summed E-state index contributed by atoms with van der Waals surface area (Å²) in [7, 11) is 1.25. The Balaban J connectivity index is 2.21. The molecule has 0 unspecified atom stereocenters. The Morgan fingerprint density at radius 3 is 2.48 bits per heavy atom. The minimum absolute atomic E-state index is 0.122. The number of carbonyl (C=O) groups excluding carboxylic acids is 2. The molecular formula is C16H14Cl2N2O3. The lowest BCUT2D eigenvalue weighted by molar-refractivity contribution is -0.142. The molecule has 0 fully saturated rings. The predicted octanol–water partition coefficient (Wildman–Crippen LogP) is 2.90. The van der Waals surface area contributed by atoms with Crippen molar-refractivity contribution in [1.29, 1.82) is 0 Å². The number of ether oxygens (including phenoxy) is 1. The Kier molecular flexibility index (Phi) is 5.96. The first-order chi connectivity index (χ1) is 11.0. The molecule has 1 N–H and O–H groups in total. The monoisotopic (exact) mass is 352 g/mol. The number of hydrogen-bond donors (Lipinski definition) is 1. The fourth-order valence-electron chi connectivity index (χ4n) is 2.01. The summed E-state index contributed by atoms with van der Waals surface area (Å²) in [5, 5.41) is 3.45. The fourth-order valence-corrected chi connectivity index (χ4v) is 2.56. The number of hydrogen-bond acceptors (Lipinski definition) is 4. The molecule has 2 rings (SSSR count). The number of amides is 1. The summed E-state index contributed by atoms with van der Waals surface area (Å²) in [4.78, 5) is 28.0. The van der Waals surface area contributed by atoms with Gasteiger partial charge in [0.15, 0.2) is 0 Å². The van der Waals surface area contributed by atoms with Crippen LogP contribution < -0.4 is 5.32 Å². The van der Waals surface area contributed by atoms with E-state index in [9.17, 15) is 9.59 Å². The second-order valence-electron chi connectivity index (χ2n) is 4.70. The number of halogens is 2. The first-order valence-corrected chi connectivity index (χ1v) is 7.50. The Morgan fingerprint density at radius 2 is 1.91 bits per heavy atom. The van der Waals surface area contributed by atoms with Gasteiger partial charge in [-0.3, -0.25) is 9.78 Å². The molecule has 5 nitrogen and oxygen atoms in total. The van der Waals surface area contributed by atoms with Gasteiger partial charge in [-0.25, -0.2) is 4.79 Å². The molecule has 0 bridgehead atoms. The minimum atomic E-state index is -0.912. The van der Waals surface area contributed by atoms with E-state index in [1.165, 1.54) is 13.3 Å². The lowest BCUT2D eigenvalue weighted by Crippen LogP contribution is -2.43. The molecule has 1 atom stereocenters. The number of aromatic nitrogens is 1. The number of methoxy groups -OCH3 is 1. The van der Waals surface area contributed by atoms with Crippen molar-refractivity contribution < 1.29 is 14.3 Å². The van der Waals surface area contributed by atoms with E-state index in [0.717, 1.165) is 0 Å². The second kappa shape index (κ2) is 7.94. The molecule has 7 heteroatoms. The smallest absolute Gasteiger partial charge is 0.328 e. The Hall–Kier alpha value is -2.11. The van der Waals surface area contributed by atoms with Crippen LogP contribution in [0.3, 0.4) is 0 Å². The summed E-state index contributed by atoms with van der Waals surface area (Å²) in [5.41, 5.74) is 0.907. The van der Waals surface area contributed by atoms with Gasteiger partial charge in [-0.05, 0) is 29.8 Å². The van der Waals surface area contributed by atoms with Crippen molar-refractivity contribution in [2.24, 2.45) is 0 Å². The third kappa shape index (κ3) is 4.43. The zero-order chi connectivity index (χ0) is 16.8. The third-order valence-electron chi connectivity index (χ3n) is 3.18. The maximum Gasteiger partial charge on any atom is 0.328 e. The largest absolute Gasteiger partial charge is 0.467 e. The van der Waals surface area contributed by atoms with Crippen LogP contribution in [-0.2, 0) is 16.0 Å². The van der Waals surface area contributed by atoms with Crippen LogP contribution in [0, 0.1) is 0 Å². The van der Waals surface area contributed by atoms with Gasteiger partial charge in [-0.2, -0.15) is 0 Å². The van der Waals surface area contributed by atoms with E-state index in [1.54, 1.807) is 36.5 Å². The minimum Gasteiger partial charge on any atom is -0.467 e. The van der Waals surface area contributed by atoms with Crippen LogP contribution in [0.1, 0.15) is 15.9 Å². The van der Waals surface area contributed by atoms with Crippen molar-refractivity contribution in [1.82, 2.24) is 10.3 Å². The highest BCUT2D eigenvalue weighted by molar-refractivity contribution is 6.36. The van der Waals surface area contributed by atoms with E-state index in [-0.39, 0.29) is 6.42 Å². The first kappa shape index (κ1) is 17.2. The van der Waals surface area contributed by atoms with Gasteiger partial charge in [-0.15, -0.1) is 0 Å². The maximum absolute atomic E-state index is 12.2. The van der Waals surface area contributed by atoms with Gasteiger partial charge < -0.3 is 10.1 Å². The third-order valence-corrected chi connectivity index (χ3v) is 3.89. The van der Waals surface area contributed by atoms with Gasteiger partial charge in [-0.1, -0.05) is 29.3 Å². The van der Waals surface area contributed by atoms with Gasteiger partial charge in [0, 0.05) is 28.9 Å². The number of rotatable bonds is 5. The molecule has 0 aliphatic carbocycles. The molecule has 0 aliphatic heterocycles. The first-order valence-electron chi connectivity index (χ1n) is 6.74. The summed E-state index contributed by atoms with van der Waals surface area (Å²) >= 11 is 12.2. The summed E-state index contributed by atoms with van der Waals surface area (Å²) < 4.78 is 4.75. The normalized spacial score (nSPS) is 11.6. The highest BCUT2D eigenvalue weighted by Crippen LogP contribution is 2.25. The molecule has 2 aromatic rings. The number of esters is 1. The molecule has 0 saturated carbocycles. The number of benzene rings is 1. The fraction of sp³-hybridized carbons (Fsp3) is 0.188. The number of pyridine rings is 1. The van der Waals surface area contributed by atoms with Crippen molar-refractivity contribution in [3.8, 4) is 0 Å². The molecule has 0 radical (unpaired) electrons. The molecule has 1 heterocycles. The topological polar surface area (TPSA) is 68.3 Å². The highest BCUT2D eigenvalue weighted by atomic mass is 35.5. The van der Waals surface area contributed by atoms with Crippen LogP contribution in [0.5, 0.6) is 0 Å². The van der Waals surface area contributed by atoms with Crippen molar-refractivity contribution in [3.63, 3.8) is 0 Å². The van der Waals surface area contributed by atoms with E-state index >= 15 is 0 Å². The molecule has 1 aromatic carbocycles. The van der Waals surface area contributed by atoms with Crippen LogP contribution in [0.4, 0.5) is 0 Å². The average Bonchev–Trinajstić information content (AvgIpc) is 2.57. The van der Waals surface area contributed by atoms with Crippen LogP contribution in [0.2, 0.25) is 10.0 Å². The SMILES string of the molecule is COC(=O)[C@@H](Cc1c(Cl)cccc1Cl)NC(=O)c1cccnc1. The summed E-state index contributed by atoms with van der Waals surface area (Å²) in [6.45, 7) is 0. The predicted molar refractivity (Wildman–Crippen MR) is 87.7 cm³/mol. The van der Waals surface area contributed by atoms with Crippen molar-refractivity contribution >= 4 is 35.1 Å². The van der Waals surface area contributed by atoms with Crippen LogP contribution in [0.15, 0.2) is 42.7 Å². The average molecular weight is 353 g/mol. The number of carbonyl (C=O) groups is 2. The van der Waals surface area contributed by atoms with Crippen LogP contribution >= 0.6 is 23.2 Å². The van der Waals surface area contributed by atoms with Crippen LogP contribution in [0.25, 0.3) is 0 Å². The van der Waals surface area contributed by atoms with Crippen molar-refractivity contribution in [3.05, 3.63) is 63.9 Å². The Bertz CT molecular complexity index is 687. The Morgan fingerprint density at radius 1 is 1.22 bits per heavy atom. The van der Waals surface area contributed by atoms with E-state index in [0.29, 0.717) is 21.2 Å². The molecule has 0 saturated heterocycles. The molecule has 120 valence electrons. The van der Waals surface area contributed by atoms with Gasteiger partial charge >= 0.3 is 5.97 Å². The number of nitrogens with one attached hydrogen (secondary N) is 1. The highest BCUT2D eigenvalue weighted by Gasteiger charge is 2.24. The standard InChI is InChI=1S/C16H14Cl2N2O3/c1-23-16(22)14(8-11-12(17)5-2-6-13(11)18)20-15(21)10-4-3-7-19-9-10/h2-7,9,14H,8H2,1H3,(H,20,21)/t14-/m1/s1. The molecule has 0 spiro atoms. The molecule has 1 amide bonds. The second-order valence-corrected chi connectivity index (χ2v) is 5.51. The number of nitrogens with zero attached hydrogens (tertiary/aromatic N) is 1. The lowest BCUT2D eigenvalue weighted by atomic mass is 10.1. The van der Waals surface area contributed by atoms with Gasteiger partial charge in [0.2, 0.25) is 0 Å². The van der Waals surface area contributed by atoms with E-state index in [1.807, 2.05) is 0 Å². The Labute approximate surface area is 143 Å². The molecule has 0 aliphatic rings. The molecule has 23 heavy (non-hydrogen) atoms. The lowest BCUT2D eigenvalue weighted by Gasteiger charge is -2.18. The summed E-state index contributed by atoms with van der Waals surface area (Å²) in [6.07, 6.45) is 3.08. The van der Waals surface area contributed by atoms with E-state index < -0.39 is 17.9 Å². The molecule has 1 aromatic heterocycles. The quantitative estimate of drug-likeness (QED) is 0.840. The zero-order valence-electron chi connectivity index (χ0n) is 12.3. The van der Waals surface area contributed by atoms with Gasteiger partial charge in [0.1, 0.15) is 6.04 Å². The van der Waals surface area contributed by atoms with E-state index in [4.69, 9.17) is 27.9 Å². The van der Waals surface area contributed by atoms with E-state index in [2.05, 4.69) is 10.3 Å². The maximum atomic E-state index is 12.2. The zero-order valence-corrected chi connectivity index (χ0v) is 13.8.